The lowest BCUT2D eigenvalue weighted by atomic mass is 10.0. The number of rotatable bonds is 12. The third-order valence-corrected chi connectivity index (χ3v) is 5.50. The SMILES string of the molecule is CCCCCCCCOc1c(O)c2ccc(OC(C(C)C)C3COCO3)cc2oc1=O. The summed E-state index contributed by atoms with van der Waals surface area (Å²) in [6, 6.07) is 5.02. The number of hydrogen-bond donors (Lipinski definition) is 1. The Morgan fingerprint density at radius 2 is 1.94 bits per heavy atom. The summed E-state index contributed by atoms with van der Waals surface area (Å²) >= 11 is 0. The molecule has 1 aliphatic heterocycles. The van der Waals surface area contributed by atoms with Gasteiger partial charge in [0.15, 0.2) is 5.75 Å². The molecule has 7 heteroatoms. The van der Waals surface area contributed by atoms with Gasteiger partial charge in [-0.1, -0.05) is 52.9 Å². The molecule has 2 unspecified atom stereocenters. The predicted octanol–water partition coefficient (Wildman–Crippen LogP) is 5.01. The van der Waals surface area contributed by atoms with Gasteiger partial charge in [-0.2, -0.15) is 0 Å². The zero-order valence-corrected chi connectivity index (χ0v) is 18.7. The van der Waals surface area contributed by atoms with Crippen LogP contribution in [-0.4, -0.2) is 37.3 Å². The molecular weight excluding hydrogens is 400 g/mol. The molecule has 0 amide bonds. The molecule has 0 radical (unpaired) electrons. The van der Waals surface area contributed by atoms with Crippen molar-refractivity contribution in [1.29, 1.82) is 0 Å². The summed E-state index contributed by atoms with van der Waals surface area (Å²) in [6.07, 6.45) is 6.30. The van der Waals surface area contributed by atoms with Crippen LogP contribution < -0.4 is 15.1 Å². The Morgan fingerprint density at radius 3 is 2.65 bits per heavy atom. The zero-order valence-electron chi connectivity index (χ0n) is 18.7. The second-order valence-corrected chi connectivity index (χ2v) is 8.36. The smallest absolute Gasteiger partial charge is 0.383 e. The Morgan fingerprint density at radius 1 is 1.16 bits per heavy atom. The van der Waals surface area contributed by atoms with E-state index in [0.29, 0.717) is 24.3 Å². The molecule has 0 aliphatic carbocycles. The van der Waals surface area contributed by atoms with Crippen LogP contribution in [0.15, 0.2) is 27.4 Å². The zero-order chi connectivity index (χ0) is 22.2. The second-order valence-electron chi connectivity index (χ2n) is 8.36. The monoisotopic (exact) mass is 434 g/mol. The predicted molar refractivity (Wildman–Crippen MR) is 118 cm³/mol. The van der Waals surface area contributed by atoms with Crippen LogP contribution >= 0.6 is 0 Å². The molecule has 1 aromatic heterocycles. The molecule has 0 spiro atoms. The quantitative estimate of drug-likeness (QED) is 0.371. The average Bonchev–Trinajstić information content (AvgIpc) is 3.27. The van der Waals surface area contributed by atoms with Gasteiger partial charge in [-0.3, -0.25) is 0 Å². The Kier molecular flexibility index (Phi) is 8.60. The maximum Gasteiger partial charge on any atom is 0.383 e. The third-order valence-electron chi connectivity index (χ3n) is 5.50. The highest BCUT2D eigenvalue weighted by atomic mass is 16.7. The largest absolute Gasteiger partial charge is 0.504 e. The van der Waals surface area contributed by atoms with Gasteiger partial charge in [0.05, 0.1) is 18.6 Å². The molecule has 3 rings (SSSR count). The number of benzene rings is 1. The van der Waals surface area contributed by atoms with Crippen LogP contribution in [-0.2, 0) is 9.47 Å². The lowest BCUT2D eigenvalue weighted by molar-refractivity contribution is -0.0159. The van der Waals surface area contributed by atoms with Gasteiger partial charge in [0.25, 0.3) is 0 Å². The van der Waals surface area contributed by atoms with Gasteiger partial charge in [-0.05, 0) is 24.5 Å². The summed E-state index contributed by atoms with van der Waals surface area (Å²) in [5.41, 5.74) is -0.445. The van der Waals surface area contributed by atoms with Crippen LogP contribution in [0.4, 0.5) is 0 Å². The Bertz CT molecular complexity index is 883. The van der Waals surface area contributed by atoms with Crippen molar-refractivity contribution >= 4 is 11.0 Å². The van der Waals surface area contributed by atoms with Gasteiger partial charge < -0.3 is 28.5 Å². The lowest BCUT2D eigenvalue weighted by Crippen LogP contribution is -2.37. The van der Waals surface area contributed by atoms with Gasteiger partial charge in [0.1, 0.15) is 30.3 Å². The first-order valence-electron chi connectivity index (χ1n) is 11.3. The molecule has 1 aliphatic rings. The van der Waals surface area contributed by atoms with Crippen LogP contribution in [0.2, 0.25) is 0 Å². The second kappa shape index (κ2) is 11.4. The molecular formula is C24H34O7. The highest BCUT2D eigenvalue weighted by Gasteiger charge is 2.31. The van der Waals surface area contributed by atoms with E-state index in [4.69, 9.17) is 23.4 Å². The van der Waals surface area contributed by atoms with Crippen LogP contribution in [0.5, 0.6) is 17.2 Å². The Balaban J connectivity index is 1.68. The van der Waals surface area contributed by atoms with Crippen molar-refractivity contribution < 1.29 is 28.5 Å². The van der Waals surface area contributed by atoms with Gasteiger partial charge in [-0.15, -0.1) is 0 Å². The van der Waals surface area contributed by atoms with Crippen LogP contribution in [0, 0.1) is 5.92 Å². The van der Waals surface area contributed by atoms with E-state index in [1.807, 2.05) is 13.8 Å². The van der Waals surface area contributed by atoms with E-state index in [2.05, 4.69) is 6.92 Å². The van der Waals surface area contributed by atoms with Crippen LogP contribution in [0.25, 0.3) is 11.0 Å². The fourth-order valence-electron chi connectivity index (χ4n) is 3.74. The molecule has 0 bridgehead atoms. The van der Waals surface area contributed by atoms with Crippen molar-refractivity contribution in [1.82, 2.24) is 0 Å². The molecule has 2 atom stereocenters. The molecule has 2 aromatic rings. The molecule has 1 N–H and O–H groups in total. The minimum Gasteiger partial charge on any atom is -0.504 e. The van der Waals surface area contributed by atoms with Gasteiger partial charge >= 0.3 is 5.63 Å². The van der Waals surface area contributed by atoms with Crippen molar-refractivity contribution in [2.45, 2.75) is 71.5 Å². The fraction of sp³-hybridized carbons (Fsp3) is 0.625. The summed E-state index contributed by atoms with van der Waals surface area (Å²) in [7, 11) is 0. The Labute approximate surface area is 183 Å². The fourth-order valence-corrected chi connectivity index (χ4v) is 3.74. The highest BCUT2D eigenvalue weighted by Crippen LogP contribution is 2.34. The molecule has 7 nitrogen and oxygen atoms in total. The standard InChI is InChI=1S/C24H34O7/c1-4-5-6-7-8-9-12-28-23-21(25)18-11-10-17(13-19(18)31-24(23)26)30-22(16(2)3)20-14-27-15-29-20/h10-11,13,16,20,22,25H,4-9,12,14-15H2,1-3H3. The molecule has 1 saturated heterocycles. The summed E-state index contributed by atoms with van der Waals surface area (Å²) in [5, 5.41) is 11.0. The van der Waals surface area contributed by atoms with Crippen molar-refractivity contribution in [3.63, 3.8) is 0 Å². The summed E-state index contributed by atoms with van der Waals surface area (Å²) in [5.74, 6) is 0.397. The van der Waals surface area contributed by atoms with E-state index >= 15 is 0 Å². The van der Waals surface area contributed by atoms with E-state index in [-0.39, 0.29) is 42.0 Å². The number of fused-ring (bicyclic) bond motifs is 1. The van der Waals surface area contributed by atoms with Crippen LogP contribution in [0.1, 0.15) is 59.3 Å². The van der Waals surface area contributed by atoms with Crippen molar-refractivity contribution in [3.8, 4) is 17.2 Å². The van der Waals surface area contributed by atoms with Gasteiger partial charge in [-0.25, -0.2) is 4.79 Å². The summed E-state index contributed by atoms with van der Waals surface area (Å²) < 4.78 is 28.0. The minimum absolute atomic E-state index is 0.133. The number of unbranched alkanes of at least 4 members (excludes halogenated alkanes) is 5. The van der Waals surface area contributed by atoms with Gasteiger partial charge in [0.2, 0.25) is 5.75 Å². The molecule has 1 aromatic carbocycles. The third kappa shape index (κ3) is 6.14. The van der Waals surface area contributed by atoms with Gasteiger partial charge in [0, 0.05) is 6.07 Å². The van der Waals surface area contributed by atoms with E-state index in [0.717, 1.165) is 19.3 Å². The first-order chi connectivity index (χ1) is 15.0. The topological polar surface area (TPSA) is 87.4 Å². The van der Waals surface area contributed by atoms with E-state index in [1.54, 1.807) is 18.2 Å². The maximum atomic E-state index is 12.4. The first kappa shape index (κ1) is 23.4. The molecule has 0 saturated carbocycles. The van der Waals surface area contributed by atoms with E-state index in [9.17, 15) is 9.90 Å². The highest BCUT2D eigenvalue weighted by molar-refractivity contribution is 5.86. The van der Waals surface area contributed by atoms with Crippen molar-refractivity contribution in [2.24, 2.45) is 5.92 Å². The Hall–Kier alpha value is -2.25. The van der Waals surface area contributed by atoms with Crippen LogP contribution in [0.3, 0.4) is 0 Å². The number of hydrogen-bond acceptors (Lipinski definition) is 7. The summed E-state index contributed by atoms with van der Waals surface area (Å²) in [4.78, 5) is 12.4. The molecule has 1 fully saturated rings. The first-order valence-corrected chi connectivity index (χ1v) is 11.3. The minimum atomic E-state index is -0.693. The normalized spacial score (nSPS) is 17.4. The van der Waals surface area contributed by atoms with Crippen molar-refractivity contribution in [2.75, 3.05) is 20.0 Å². The number of aromatic hydroxyl groups is 1. The average molecular weight is 435 g/mol. The van der Waals surface area contributed by atoms with E-state index < -0.39 is 5.63 Å². The summed E-state index contributed by atoms with van der Waals surface area (Å²) in [6.45, 7) is 7.39. The van der Waals surface area contributed by atoms with E-state index in [1.165, 1.54) is 19.3 Å². The number of ether oxygens (including phenoxy) is 4. The lowest BCUT2D eigenvalue weighted by Gasteiger charge is -2.26. The van der Waals surface area contributed by atoms with Crippen molar-refractivity contribution in [3.05, 3.63) is 28.6 Å². The molecule has 2 heterocycles. The molecule has 31 heavy (non-hydrogen) atoms. The molecule has 172 valence electrons. The maximum absolute atomic E-state index is 12.4.